The monoisotopic (exact) mass is 155 g/mol. The fourth-order valence-corrected chi connectivity index (χ4v) is 0.982. The van der Waals surface area contributed by atoms with Crippen molar-refractivity contribution in [3.8, 4) is 0 Å². The average molecular weight is 155 g/mol. The van der Waals surface area contributed by atoms with Crippen molar-refractivity contribution in [1.29, 1.82) is 5.41 Å². The van der Waals surface area contributed by atoms with Gasteiger partial charge in [0, 0.05) is 18.6 Å². The minimum absolute atomic E-state index is 0.0656. The third kappa shape index (κ3) is 1.66. The van der Waals surface area contributed by atoms with E-state index in [1.54, 1.807) is 0 Å². The molecule has 0 spiro atoms. The summed E-state index contributed by atoms with van der Waals surface area (Å²) in [5.74, 6) is 0.0316. The largest absolute Gasteiger partial charge is 0.369 e. The average Bonchev–Trinajstić information content (AvgIpc) is 2.68. The van der Waals surface area contributed by atoms with Gasteiger partial charge in [-0.15, -0.1) is 0 Å². The van der Waals surface area contributed by atoms with E-state index >= 15 is 0 Å². The molecule has 0 bridgehead atoms. The van der Waals surface area contributed by atoms with Gasteiger partial charge in [-0.2, -0.15) is 0 Å². The molecule has 11 heavy (non-hydrogen) atoms. The molecule has 1 heterocycles. The molecule has 1 saturated heterocycles. The molecule has 3 nitrogen and oxygen atoms in total. The summed E-state index contributed by atoms with van der Waals surface area (Å²) in [4.78, 5) is 11.2. The van der Waals surface area contributed by atoms with Crippen LogP contribution >= 0.6 is 0 Å². The molecule has 0 saturated carbocycles. The highest BCUT2D eigenvalue weighted by atomic mass is 16.6. The second-order valence-corrected chi connectivity index (χ2v) is 3.20. The molecular formula is C8H13NO2. The van der Waals surface area contributed by atoms with Gasteiger partial charge < -0.3 is 10.1 Å². The molecule has 1 fully saturated rings. The van der Waals surface area contributed by atoms with Crippen LogP contribution in [0.4, 0.5) is 0 Å². The summed E-state index contributed by atoms with van der Waals surface area (Å²) in [6.07, 6.45) is 1.38. The number of Topliss-reactive ketones (excluding diaryl/α,β-unsaturated/α-hetero) is 1. The standard InChI is InChI=1S/C8H13NO2/c1-6(7(10)3-4-9)8(2)5-11-8/h4,6,9H,3,5H2,1-2H3. The van der Waals surface area contributed by atoms with Crippen molar-refractivity contribution in [3.05, 3.63) is 0 Å². The number of ether oxygens (including phenoxy) is 1. The number of hydrogen-bond acceptors (Lipinski definition) is 3. The van der Waals surface area contributed by atoms with Crippen LogP contribution in [-0.4, -0.2) is 24.2 Å². The van der Waals surface area contributed by atoms with Crippen molar-refractivity contribution < 1.29 is 9.53 Å². The Labute approximate surface area is 66.2 Å². The van der Waals surface area contributed by atoms with E-state index in [-0.39, 0.29) is 23.7 Å². The fraction of sp³-hybridized carbons (Fsp3) is 0.750. The van der Waals surface area contributed by atoms with Crippen LogP contribution in [-0.2, 0) is 9.53 Å². The predicted octanol–water partition coefficient (Wildman–Crippen LogP) is 1.02. The summed E-state index contributed by atoms with van der Waals surface area (Å²) in [6, 6.07) is 0. The highest BCUT2D eigenvalue weighted by molar-refractivity contribution is 5.92. The van der Waals surface area contributed by atoms with E-state index in [2.05, 4.69) is 0 Å². The van der Waals surface area contributed by atoms with Gasteiger partial charge >= 0.3 is 0 Å². The number of nitrogens with one attached hydrogen (secondary N) is 1. The number of ketones is 1. The van der Waals surface area contributed by atoms with E-state index in [0.29, 0.717) is 6.61 Å². The highest BCUT2D eigenvalue weighted by Gasteiger charge is 2.47. The molecule has 1 aliphatic rings. The van der Waals surface area contributed by atoms with Crippen LogP contribution in [0.3, 0.4) is 0 Å². The molecule has 0 amide bonds. The molecule has 3 heteroatoms. The molecule has 0 aromatic rings. The molecule has 0 aliphatic carbocycles. The van der Waals surface area contributed by atoms with Crippen LogP contribution in [0.2, 0.25) is 0 Å². The Bertz CT molecular complexity index is 185. The molecule has 0 radical (unpaired) electrons. The van der Waals surface area contributed by atoms with E-state index < -0.39 is 0 Å². The van der Waals surface area contributed by atoms with Crippen molar-refractivity contribution in [2.75, 3.05) is 6.61 Å². The van der Waals surface area contributed by atoms with Gasteiger partial charge in [-0.05, 0) is 6.92 Å². The quantitative estimate of drug-likeness (QED) is 0.486. The Kier molecular flexibility index (Phi) is 2.09. The lowest BCUT2D eigenvalue weighted by Gasteiger charge is -2.12. The van der Waals surface area contributed by atoms with E-state index in [1.165, 1.54) is 0 Å². The van der Waals surface area contributed by atoms with E-state index in [9.17, 15) is 4.79 Å². The van der Waals surface area contributed by atoms with Crippen molar-refractivity contribution in [2.45, 2.75) is 25.9 Å². The minimum atomic E-state index is -0.222. The summed E-state index contributed by atoms with van der Waals surface area (Å²) in [6.45, 7) is 4.47. The molecule has 62 valence electrons. The number of carbonyl (C=O) groups excluding carboxylic acids is 1. The van der Waals surface area contributed by atoms with Gasteiger partial charge in [0.05, 0.1) is 12.2 Å². The first-order valence-electron chi connectivity index (χ1n) is 3.76. The van der Waals surface area contributed by atoms with E-state index in [4.69, 9.17) is 10.1 Å². The number of carbonyl (C=O) groups is 1. The third-order valence-corrected chi connectivity index (χ3v) is 2.30. The van der Waals surface area contributed by atoms with E-state index in [0.717, 1.165) is 6.21 Å². The second kappa shape index (κ2) is 2.74. The summed E-state index contributed by atoms with van der Waals surface area (Å²) < 4.78 is 5.13. The lowest BCUT2D eigenvalue weighted by molar-refractivity contribution is -0.122. The van der Waals surface area contributed by atoms with Gasteiger partial charge in [-0.25, -0.2) is 0 Å². The summed E-state index contributed by atoms with van der Waals surface area (Å²) in [5.41, 5.74) is -0.222. The van der Waals surface area contributed by atoms with Gasteiger partial charge in [0.25, 0.3) is 0 Å². The van der Waals surface area contributed by atoms with Crippen LogP contribution in [0.5, 0.6) is 0 Å². The molecule has 0 aromatic carbocycles. The van der Waals surface area contributed by atoms with Gasteiger partial charge in [0.2, 0.25) is 0 Å². The number of rotatable bonds is 4. The fourth-order valence-electron chi connectivity index (χ4n) is 0.982. The smallest absolute Gasteiger partial charge is 0.143 e. The van der Waals surface area contributed by atoms with Crippen LogP contribution in [0.25, 0.3) is 0 Å². The number of epoxide rings is 1. The van der Waals surface area contributed by atoms with Crippen LogP contribution in [0, 0.1) is 11.3 Å². The molecule has 1 rings (SSSR count). The van der Waals surface area contributed by atoms with Gasteiger partial charge in [0.15, 0.2) is 0 Å². The van der Waals surface area contributed by atoms with Gasteiger partial charge in [-0.1, -0.05) is 6.92 Å². The topological polar surface area (TPSA) is 53.5 Å². The Balaban J connectivity index is 2.46. The third-order valence-electron chi connectivity index (χ3n) is 2.30. The molecular weight excluding hydrogens is 142 g/mol. The Morgan fingerprint density at radius 3 is 2.82 bits per heavy atom. The SMILES string of the molecule is CC(C(=O)CC=N)C1(C)CO1. The maximum Gasteiger partial charge on any atom is 0.143 e. The zero-order valence-corrected chi connectivity index (χ0v) is 6.89. The maximum atomic E-state index is 11.2. The van der Waals surface area contributed by atoms with Crippen molar-refractivity contribution in [1.82, 2.24) is 0 Å². The first-order chi connectivity index (χ1) is 5.10. The normalized spacial score (nSPS) is 31.1. The highest BCUT2D eigenvalue weighted by Crippen LogP contribution is 2.35. The van der Waals surface area contributed by atoms with Crippen LogP contribution < -0.4 is 0 Å². The molecule has 2 atom stereocenters. The van der Waals surface area contributed by atoms with Crippen molar-refractivity contribution in [3.63, 3.8) is 0 Å². The molecule has 0 aromatic heterocycles. The Morgan fingerprint density at radius 1 is 1.91 bits per heavy atom. The number of hydrogen-bond donors (Lipinski definition) is 1. The second-order valence-electron chi connectivity index (χ2n) is 3.20. The first-order valence-corrected chi connectivity index (χ1v) is 3.76. The van der Waals surface area contributed by atoms with E-state index in [1.807, 2.05) is 13.8 Å². The summed E-state index contributed by atoms with van der Waals surface area (Å²) in [7, 11) is 0. The Hall–Kier alpha value is -0.700. The van der Waals surface area contributed by atoms with Gasteiger partial charge in [0.1, 0.15) is 5.78 Å². The molecule has 1 aliphatic heterocycles. The summed E-state index contributed by atoms with van der Waals surface area (Å²) >= 11 is 0. The van der Waals surface area contributed by atoms with Gasteiger partial charge in [-0.3, -0.25) is 4.79 Å². The maximum absolute atomic E-state index is 11.2. The Morgan fingerprint density at radius 2 is 2.45 bits per heavy atom. The first kappa shape index (κ1) is 8.40. The lowest BCUT2D eigenvalue weighted by Crippen LogP contribution is -2.26. The zero-order valence-electron chi connectivity index (χ0n) is 6.89. The predicted molar refractivity (Wildman–Crippen MR) is 41.9 cm³/mol. The van der Waals surface area contributed by atoms with Crippen molar-refractivity contribution in [2.24, 2.45) is 5.92 Å². The van der Waals surface area contributed by atoms with Crippen LogP contribution in [0.1, 0.15) is 20.3 Å². The zero-order chi connectivity index (χ0) is 8.48. The lowest BCUT2D eigenvalue weighted by atomic mass is 9.91. The van der Waals surface area contributed by atoms with Crippen LogP contribution in [0.15, 0.2) is 0 Å². The molecule has 1 N–H and O–H groups in total. The minimum Gasteiger partial charge on any atom is -0.369 e. The van der Waals surface area contributed by atoms with Crippen molar-refractivity contribution >= 4 is 12.0 Å². The molecule has 2 unspecified atom stereocenters. The summed E-state index contributed by atoms with van der Waals surface area (Å²) in [5, 5.41) is 6.76.